The number of hydrogen-bond donors (Lipinski definition) is 2. The number of carbonyl (C=O) groups excluding carboxylic acids is 2. The molecule has 0 spiro atoms. The first kappa shape index (κ1) is 24.4. The molecule has 0 aliphatic heterocycles. The van der Waals surface area contributed by atoms with Gasteiger partial charge in [0.15, 0.2) is 0 Å². The van der Waals surface area contributed by atoms with Gasteiger partial charge >= 0.3 is 24.3 Å². The topological polar surface area (TPSA) is 93.2 Å². The Morgan fingerprint density at radius 1 is 0.824 bits per heavy atom. The van der Waals surface area contributed by atoms with Crippen molar-refractivity contribution in [1.29, 1.82) is 0 Å². The number of benzene rings is 2. The summed E-state index contributed by atoms with van der Waals surface area (Å²) >= 11 is 0. The Bertz CT molecular complexity index is 1190. The molecular weight excluding hydrogens is 477 g/mol. The highest BCUT2D eigenvalue weighted by Gasteiger charge is 2.42. The molecule has 0 atom stereocenters. The van der Waals surface area contributed by atoms with E-state index in [0.29, 0.717) is 6.20 Å². The van der Waals surface area contributed by atoms with Gasteiger partial charge in [-0.25, -0.2) is 19.0 Å². The van der Waals surface area contributed by atoms with Gasteiger partial charge in [-0.2, -0.15) is 31.3 Å². The normalized spacial score (nSPS) is 11.6. The lowest BCUT2D eigenvalue weighted by molar-refractivity contribution is -0.193. The second kappa shape index (κ2) is 9.33. The van der Waals surface area contributed by atoms with Crippen molar-refractivity contribution in [3.8, 4) is 0 Å². The summed E-state index contributed by atoms with van der Waals surface area (Å²) < 4.78 is 93.2. The number of hydrogen-bond acceptors (Lipinski definition) is 7. The van der Waals surface area contributed by atoms with E-state index >= 15 is 0 Å². The first-order valence-corrected chi connectivity index (χ1v) is 9.00. The minimum Gasteiger partial charge on any atom is -0.383 e. The quantitative estimate of drug-likeness (QED) is 0.284. The van der Waals surface area contributed by atoms with E-state index in [9.17, 15) is 40.3 Å². The Morgan fingerprint density at radius 3 is 1.94 bits per heavy atom. The molecule has 0 bridgehead atoms. The highest BCUT2D eigenvalue weighted by atomic mass is 19.4. The SMILES string of the molecule is O=C(OC(=O)C(F)(F)F)c1ccc(Nc2ncc(C(F)(F)F)c(Nc3ccc(F)cc3)n2)cc1. The standard InChI is InChI=1S/C20H11F7N4O3/c21-11-3-7-12(8-4-11)29-15-14(19(22,23)24)9-28-18(31-15)30-13-5-1-10(2-6-13)16(32)34-17(33)20(25,26)27/h1-9H,(H2,28,29,30,31). The molecule has 0 aliphatic carbocycles. The van der Waals surface area contributed by atoms with Crippen LogP contribution in [0.2, 0.25) is 0 Å². The van der Waals surface area contributed by atoms with Crippen LogP contribution in [0, 0.1) is 5.82 Å². The van der Waals surface area contributed by atoms with Gasteiger partial charge < -0.3 is 15.4 Å². The fourth-order valence-corrected chi connectivity index (χ4v) is 2.43. The van der Waals surface area contributed by atoms with Crippen LogP contribution in [0.5, 0.6) is 0 Å². The smallest absolute Gasteiger partial charge is 0.383 e. The summed E-state index contributed by atoms with van der Waals surface area (Å²) in [7, 11) is 0. The van der Waals surface area contributed by atoms with Crippen LogP contribution in [-0.4, -0.2) is 28.1 Å². The van der Waals surface area contributed by atoms with Crippen LogP contribution in [0.15, 0.2) is 54.7 Å². The van der Waals surface area contributed by atoms with Gasteiger partial charge in [0, 0.05) is 17.6 Å². The molecule has 0 radical (unpaired) electrons. The van der Waals surface area contributed by atoms with Crippen LogP contribution in [0.3, 0.4) is 0 Å². The summed E-state index contributed by atoms with van der Waals surface area (Å²) in [5.74, 6) is -5.77. The van der Waals surface area contributed by atoms with Crippen molar-refractivity contribution >= 4 is 35.1 Å². The third-order valence-electron chi connectivity index (χ3n) is 3.99. The maximum absolute atomic E-state index is 13.3. The molecule has 1 heterocycles. The van der Waals surface area contributed by atoms with Crippen LogP contribution < -0.4 is 10.6 Å². The van der Waals surface area contributed by atoms with Crippen LogP contribution >= 0.6 is 0 Å². The zero-order valence-electron chi connectivity index (χ0n) is 16.5. The number of nitrogens with zero attached hydrogens (tertiary/aromatic N) is 2. The van der Waals surface area contributed by atoms with Gasteiger partial charge in [0.1, 0.15) is 17.2 Å². The van der Waals surface area contributed by atoms with E-state index in [-0.39, 0.29) is 17.3 Å². The van der Waals surface area contributed by atoms with Gasteiger partial charge in [-0.05, 0) is 48.5 Å². The molecule has 178 valence electrons. The van der Waals surface area contributed by atoms with Gasteiger partial charge in [-0.1, -0.05) is 0 Å². The molecular formula is C20H11F7N4O3. The average Bonchev–Trinajstić information content (AvgIpc) is 2.74. The molecule has 14 heteroatoms. The van der Waals surface area contributed by atoms with Gasteiger partial charge in [0.25, 0.3) is 0 Å². The number of esters is 2. The highest BCUT2D eigenvalue weighted by Crippen LogP contribution is 2.35. The number of alkyl halides is 6. The van der Waals surface area contributed by atoms with E-state index in [1.807, 2.05) is 0 Å². The summed E-state index contributed by atoms with van der Waals surface area (Å²) in [5, 5.41) is 4.98. The summed E-state index contributed by atoms with van der Waals surface area (Å²) in [6.07, 6.45) is -9.65. The monoisotopic (exact) mass is 488 g/mol. The summed E-state index contributed by atoms with van der Waals surface area (Å²) in [6, 6.07) is 8.82. The number of nitrogens with one attached hydrogen (secondary N) is 2. The number of anilines is 4. The second-order valence-corrected chi connectivity index (χ2v) is 6.46. The van der Waals surface area contributed by atoms with Gasteiger partial charge in [0.05, 0.1) is 5.56 Å². The van der Waals surface area contributed by atoms with E-state index in [2.05, 4.69) is 25.3 Å². The Kier molecular flexibility index (Phi) is 6.70. The molecule has 0 aliphatic rings. The van der Waals surface area contributed by atoms with Crippen molar-refractivity contribution in [3.05, 3.63) is 71.7 Å². The van der Waals surface area contributed by atoms with Gasteiger partial charge in [0.2, 0.25) is 5.95 Å². The first-order chi connectivity index (χ1) is 15.8. The summed E-state index contributed by atoms with van der Waals surface area (Å²) in [5.41, 5.74) is -1.33. The molecule has 2 N–H and O–H groups in total. The van der Waals surface area contributed by atoms with E-state index in [0.717, 1.165) is 24.3 Å². The Labute approximate surface area is 185 Å². The van der Waals surface area contributed by atoms with E-state index < -0.39 is 47.1 Å². The molecule has 0 saturated heterocycles. The number of ether oxygens (including phenoxy) is 1. The largest absolute Gasteiger partial charge is 0.491 e. The van der Waals surface area contributed by atoms with Crippen LogP contribution in [-0.2, 0) is 15.7 Å². The molecule has 0 unspecified atom stereocenters. The molecule has 3 rings (SSSR count). The van der Waals surface area contributed by atoms with Crippen LogP contribution in [0.1, 0.15) is 15.9 Å². The fourth-order valence-electron chi connectivity index (χ4n) is 2.43. The number of halogens is 7. The van der Waals surface area contributed by atoms with Crippen molar-refractivity contribution in [3.63, 3.8) is 0 Å². The lowest BCUT2D eigenvalue weighted by Gasteiger charge is -2.15. The van der Waals surface area contributed by atoms with E-state index in [1.165, 1.54) is 24.3 Å². The van der Waals surface area contributed by atoms with Crippen molar-refractivity contribution in [2.75, 3.05) is 10.6 Å². The average molecular weight is 488 g/mol. The fraction of sp³-hybridized carbons (Fsp3) is 0.100. The molecule has 1 aromatic heterocycles. The summed E-state index contributed by atoms with van der Waals surface area (Å²) in [4.78, 5) is 29.7. The zero-order chi connectivity index (χ0) is 25.1. The lowest BCUT2D eigenvalue weighted by Crippen LogP contribution is -2.28. The molecule has 0 amide bonds. The van der Waals surface area contributed by atoms with Crippen molar-refractivity contribution in [1.82, 2.24) is 9.97 Å². The number of rotatable bonds is 5. The van der Waals surface area contributed by atoms with Gasteiger partial charge in [-0.15, -0.1) is 0 Å². The molecule has 7 nitrogen and oxygen atoms in total. The third-order valence-corrected chi connectivity index (χ3v) is 3.99. The Hall–Kier alpha value is -4.23. The molecule has 34 heavy (non-hydrogen) atoms. The summed E-state index contributed by atoms with van der Waals surface area (Å²) in [6.45, 7) is 0. The molecule has 0 fully saturated rings. The van der Waals surface area contributed by atoms with Crippen molar-refractivity contribution < 1.29 is 45.1 Å². The van der Waals surface area contributed by atoms with E-state index in [4.69, 9.17) is 0 Å². The Balaban J connectivity index is 1.79. The van der Waals surface area contributed by atoms with Crippen molar-refractivity contribution in [2.45, 2.75) is 12.4 Å². The first-order valence-electron chi connectivity index (χ1n) is 9.00. The maximum Gasteiger partial charge on any atom is 0.491 e. The number of aromatic nitrogens is 2. The molecule has 3 aromatic rings. The van der Waals surface area contributed by atoms with Crippen molar-refractivity contribution in [2.24, 2.45) is 0 Å². The van der Waals surface area contributed by atoms with E-state index in [1.54, 1.807) is 0 Å². The molecule has 2 aromatic carbocycles. The third kappa shape index (κ3) is 6.17. The van der Waals surface area contributed by atoms with Crippen LogP contribution in [0.4, 0.5) is 53.9 Å². The predicted molar refractivity (Wildman–Crippen MR) is 103 cm³/mol. The minimum atomic E-state index is -5.35. The molecule has 0 saturated carbocycles. The second-order valence-electron chi connectivity index (χ2n) is 6.46. The predicted octanol–water partition coefficient (Wildman–Crippen LogP) is 5.37. The highest BCUT2D eigenvalue weighted by molar-refractivity contribution is 5.98. The van der Waals surface area contributed by atoms with Crippen LogP contribution in [0.25, 0.3) is 0 Å². The minimum absolute atomic E-state index is 0.118. The lowest BCUT2D eigenvalue weighted by atomic mass is 10.2. The number of carbonyl (C=O) groups is 2. The Morgan fingerprint density at radius 2 is 1.38 bits per heavy atom. The van der Waals surface area contributed by atoms with Gasteiger partial charge in [-0.3, -0.25) is 0 Å². The maximum atomic E-state index is 13.3. The zero-order valence-corrected chi connectivity index (χ0v) is 16.5.